The Balaban J connectivity index is 2.48. The van der Waals surface area contributed by atoms with Gasteiger partial charge in [0.15, 0.2) is 5.11 Å². The summed E-state index contributed by atoms with van der Waals surface area (Å²) in [6.45, 7) is 6.14. The fourth-order valence-corrected chi connectivity index (χ4v) is 1.69. The van der Waals surface area contributed by atoms with Gasteiger partial charge in [-0.1, -0.05) is 17.7 Å². The molecule has 0 aromatic heterocycles. The molecule has 0 fully saturated rings. The fraction of sp³-hybridized carbons (Fsp3) is 0.429. The van der Waals surface area contributed by atoms with E-state index in [1.807, 2.05) is 45.0 Å². The van der Waals surface area contributed by atoms with Crippen molar-refractivity contribution in [3.05, 3.63) is 29.8 Å². The van der Waals surface area contributed by atoms with Crippen LogP contribution >= 0.6 is 12.2 Å². The SMILES string of the molecule is Cc1ccc(NC(=S)N(C)CC(=O)NC(C)C)cc1. The lowest BCUT2D eigenvalue weighted by atomic mass is 10.2. The van der Waals surface area contributed by atoms with Gasteiger partial charge in [-0.2, -0.15) is 0 Å². The number of hydrogen-bond donors (Lipinski definition) is 2. The summed E-state index contributed by atoms with van der Waals surface area (Å²) in [5, 5.41) is 6.47. The van der Waals surface area contributed by atoms with Gasteiger partial charge in [-0.3, -0.25) is 4.79 Å². The van der Waals surface area contributed by atoms with Gasteiger partial charge in [0.05, 0.1) is 6.54 Å². The second-order valence-corrected chi connectivity index (χ2v) is 5.26. The Hall–Kier alpha value is -1.62. The Bertz CT molecular complexity index is 443. The van der Waals surface area contributed by atoms with Gasteiger partial charge in [0.1, 0.15) is 0 Å². The highest BCUT2D eigenvalue weighted by atomic mass is 32.1. The largest absolute Gasteiger partial charge is 0.352 e. The third kappa shape index (κ3) is 5.70. The molecule has 2 N–H and O–H groups in total. The zero-order chi connectivity index (χ0) is 14.4. The van der Waals surface area contributed by atoms with Gasteiger partial charge in [-0.05, 0) is 45.1 Å². The second kappa shape index (κ2) is 7.09. The lowest BCUT2D eigenvalue weighted by molar-refractivity contribution is -0.121. The zero-order valence-electron chi connectivity index (χ0n) is 11.9. The Morgan fingerprint density at radius 1 is 1.32 bits per heavy atom. The predicted octanol–water partition coefficient (Wildman–Crippen LogP) is 2.15. The van der Waals surface area contributed by atoms with E-state index in [1.165, 1.54) is 5.56 Å². The normalized spacial score (nSPS) is 10.2. The standard InChI is InChI=1S/C14H21N3OS/c1-10(2)15-13(18)9-17(4)14(19)16-12-7-5-11(3)6-8-12/h5-8,10H,9H2,1-4H3,(H,15,18)(H,16,19). The molecular weight excluding hydrogens is 258 g/mol. The molecule has 104 valence electrons. The highest BCUT2D eigenvalue weighted by molar-refractivity contribution is 7.80. The predicted molar refractivity (Wildman–Crippen MR) is 83.3 cm³/mol. The topological polar surface area (TPSA) is 44.4 Å². The van der Waals surface area contributed by atoms with Gasteiger partial charge in [0.2, 0.25) is 5.91 Å². The summed E-state index contributed by atoms with van der Waals surface area (Å²) in [4.78, 5) is 13.3. The number of thiocarbonyl (C=S) groups is 1. The molecule has 1 amide bonds. The van der Waals surface area contributed by atoms with Crippen LogP contribution in [0.25, 0.3) is 0 Å². The number of nitrogens with one attached hydrogen (secondary N) is 2. The van der Waals surface area contributed by atoms with Crippen molar-refractivity contribution in [3.8, 4) is 0 Å². The lowest BCUT2D eigenvalue weighted by Crippen LogP contribution is -2.42. The molecule has 0 aliphatic rings. The summed E-state index contributed by atoms with van der Waals surface area (Å²) in [5.74, 6) is -0.0365. The molecule has 0 aliphatic carbocycles. The van der Waals surface area contributed by atoms with Crippen molar-refractivity contribution in [2.24, 2.45) is 0 Å². The minimum absolute atomic E-state index is 0.0365. The summed E-state index contributed by atoms with van der Waals surface area (Å²) < 4.78 is 0. The van der Waals surface area contributed by atoms with Gasteiger partial charge >= 0.3 is 0 Å². The Morgan fingerprint density at radius 2 is 1.89 bits per heavy atom. The number of carbonyl (C=O) groups is 1. The molecule has 19 heavy (non-hydrogen) atoms. The number of anilines is 1. The van der Waals surface area contributed by atoms with Crippen LogP contribution in [0, 0.1) is 6.92 Å². The van der Waals surface area contributed by atoms with Crippen LogP contribution in [0.15, 0.2) is 24.3 Å². The number of benzene rings is 1. The van der Waals surface area contributed by atoms with Crippen molar-refractivity contribution >= 4 is 28.9 Å². The van der Waals surface area contributed by atoms with Crippen LogP contribution < -0.4 is 10.6 Å². The molecule has 0 radical (unpaired) electrons. The quantitative estimate of drug-likeness (QED) is 0.829. The second-order valence-electron chi connectivity index (χ2n) is 4.87. The van der Waals surface area contributed by atoms with Crippen LogP contribution in [0.4, 0.5) is 5.69 Å². The summed E-state index contributed by atoms with van der Waals surface area (Å²) in [7, 11) is 1.80. The highest BCUT2D eigenvalue weighted by Crippen LogP contribution is 2.09. The highest BCUT2D eigenvalue weighted by Gasteiger charge is 2.10. The monoisotopic (exact) mass is 279 g/mol. The van der Waals surface area contributed by atoms with Gasteiger partial charge < -0.3 is 15.5 Å². The van der Waals surface area contributed by atoms with Crippen molar-refractivity contribution in [1.82, 2.24) is 10.2 Å². The smallest absolute Gasteiger partial charge is 0.239 e. The van der Waals surface area contributed by atoms with E-state index in [2.05, 4.69) is 10.6 Å². The molecule has 0 saturated heterocycles. The van der Waals surface area contributed by atoms with Gasteiger partial charge in [-0.15, -0.1) is 0 Å². The molecule has 1 rings (SSSR count). The van der Waals surface area contributed by atoms with Gasteiger partial charge in [0.25, 0.3) is 0 Å². The van der Waals surface area contributed by atoms with E-state index >= 15 is 0 Å². The molecule has 1 aromatic carbocycles. The summed E-state index contributed by atoms with van der Waals surface area (Å²) in [6.07, 6.45) is 0. The minimum atomic E-state index is -0.0365. The average molecular weight is 279 g/mol. The van der Waals surface area contributed by atoms with Crippen molar-refractivity contribution in [2.45, 2.75) is 26.8 Å². The van der Waals surface area contributed by atoms with E-state index in [1.54, 1.807) is 11.9 Å². The maximum absolute atomic E-state index is 11.6. The average Bonchev–Trinajstić information content (AvgIpc) is 2.30. The molecule has 4 nitrogen and oxygen atoms in total. The summed E-state index contributed by atoms with van der Waals surface area (Å²) in [6, 6.07) is 8.08. The fourth-order valence-electron chi connectivity index (χ4n) is 1.51. The molecule has 0 bridgehead atoms. The van der Waals surface area contributed by atoms with Crippen LogP contribution in [-0.4, -0.2) is 35.6 Å². The molecule has 0 aliphatic heterocycles. The molecule has 0 saturated carbocycles. The number of nitrogens with zero attached hydrogens (tertiary/aromatic N) is 1. The zero-order valence-corrected chi connectivity index (χ0v) is 12.7. The maximum Gasteiger partial charge on any atom is 0.239 e. The first-order valence-corrected chi connectivity index (χ1v) is 6.67. The van der Waals surface area contributed by atoms with Crippen molar-refractivity contribution in [1.29, 1.82) is 0 Å². The number of carbonyl (C=O) groups excluding carboxylic acids is 1. The third-order valence-electron chi connectivity index (χ3n) is 2.48. The molecule has 0 heterocycles. The van der Waals surface area contributed by atoms with Crippen molar-refractivity contribution < 1.29 is 4.79 Å². The number of likely N-dealkylation sites (N-methyl/N-ethyl adjacent to an activating group) is 1. The molecule has 1 aromatic rings. The van der Waals surface area contributed by atoms with E-state index in [9.17, 15) is 4.79 Å². The van der Waals surface area contributed by atoms with Gasteiger partial charge in [0, 0.05) is 18.8 Å². The summed E-state index contributed by atoms with van der Waals surface area (Å²) in [5.41, 5.74) is 2.12. The Labute approximate surface area is 120 Å². The van der Waals surface area contributed by atoms with Crippen LogP contribution in [-0.2, 0) is 4.79 Å². The van der Waals surface area contributed by atoms with Crippen molar-refractivity contribution in [2.75, 3.05) is 18.9 Å². The number of hydrogen-bond acceptors (Lipinski definition) is 2. The molecular formula is C14H21N3OS. The lowest BCUT2D eigenvalue weighted by Gasteiger charge is -2.21. The molecule has 0 atom stereocenters. The molecule has 0 spiro atoms. The van der Waals surface area contributed by atoms with E-state index in [0.717, 1.165) is 5.69 Å². The van der Waals surface area contributed by atoms with Crippen LogP contribution in [0.1, 0.15) is 19.4 Å². The van der Waals surface area contributed by atoms with E-state index in [-0.39, 0.29) is 18.5 Å². The molecule has 5 heteroatoms. The third-order valence-corrected chi connectivity index (χ3v) is 2.89. The van der Waals surface area contributed by atoms with E-state index in [0.29, 0.717) is 5.11 Å². The van der Waals surface area contributed by atoms with Crippen LogP contribution in [0.2, 0.25) is 0 Å². The number of rotatable bonds is 4. The summed E-state index contributed by atoms with van der Waals surface area (Å²) >= 11 is 5.26. The Kier molecular flexibility index (Phi) is 5.76. The van der Waals surface area contributed by atoms with Crippen LogP contribution in [0.5, 0.6) is 0 Å². The first kappa shape index (κ1) is 15.4. The van der Waals surface area contributed by atoms with E-state index < -0.39 is 0 Å². The first-order chi connectivity index (χ1) is 8.88. The van der Waals surface area contributed by atoms with Crippen molar-refractivity contribution in [3.63, 3.8) is 0 Å². The first-order valence-electron chi connectivity index (χ1n) is 6.26. The van der Waals surface area contributed by atoms with Crippen LogP contribution in [0.3, 0.4) is 0 Å². The number of amides is 1. The molecule has 0 unspecified atom stereocenters. The minimum Gasteiger partial charge on any atom is -0.352 e. The maximum atomic E-state index is 11.6. The van der Waals surface area contributed by atoms with E-state index in [4.69, 9.17) is 12.2 Å². The van der Waals surface area contributed by atoms with Gasteiger partial charge in [-0.25, -0.2) is 0 Å². The number of aryl methyl sites for hydroxylation is 1. The Morgan fingerprint density at radius 3 is 2.42 bits per heavy atom.